The SMILES string of the molecule is CS(=O)(=O)CCC1(O)CN(C(=O)c2ccc(F)c(F)c2Nc2ccc(I)cc2F)C1. The van der Waals surface area contributed by atoms with E-state index in [0.29, 0.717) is 3.57 Å². The molecule has 1 aliphatic heterocycles. The lowest BCUT2D eigenvalue weighted by Gasteiger charge is -2.46. The predicted molar refractivity (Wildman–Crippen MR) is 114 cm³/mol. The first-order chi connectivity index (χ1) is 13.9. The number of amides is 1. The van der Waals surface area contributed by atoms with Crippen molar-refractivity contribution >= 4 is 49.7 Å². The van der Waals surface area contributed by atoms with Gasteiger partial charge in [0.15, 0.2) is 11.6 Å². The Balaban J connectivity index is 1.83. The van der Waals surface area contributed by atoms with E-state index in [1.807, 2.05) is 22.6 Å². The first-order valence-corrected chi connectivity index (χ1v) is 11.9. The fourth-order valence-corrected chi connectivity index (χ4v) is 4.29. The molecule has 2 aromatic carbocycles. The van der Waals surface area contributed by atoms with E-state index >= 15 is 0 Å². The van der Waals surface area contributed by atoms with Crippen LogP contribution in [-0.2, 0) is 9.84 Å². The van der Waals surface area contributed by atoms with E-state index in [-0.39, 0.29) is 36.5 Å². The monoisotopic (exact) mass is 554 g/mol. The highest BCUT2D eigenvalue weighted by Crippen LogP contribution is 2.32. The van der Waals surface area contributed by atoms with Crippen LogP contribution in [0.15, 0.2) is 30.3 Å². The molecule has 30 heavy (non-hydrogen) atoms. The maximum atomic E-state index is 14.5. The van der Waals surface area contributed by atoms with Gasteiger partial charge in [0, 0.05) is 9.83 Å². The lowest BCUT2D eigenvalue weighted by molar-refractivity contribution is -0.0820. The summed E-state index contributed by atoms with van der Waals surface area (Å²) in [6.45, 7) is -0.310. The maximum Gasteiger partial charge on any atom is 0.256 e. The summed E-state index contributed by atoms with van der Waals surface area (Å²) >= 11 is 1.89. The zero-order valence-electron chi connectivity index (χ0n) is 15.8. The number of likely N-dealkylation sites (tertiary alicyclic amines) is 1. The van der Waals surface area contributed by atoms with Crippen molar-refractivity contribution in [1.29, 1.82) is 0 Å². The average molecular weight is 554 g/mol. The fraction of sp³-hybridized carbons (Fsp3) is 0.316. The minimum Gasteiger partial charge on any atom is -0.386 e. The number of carbonyl (C=O) groups excluding carboxylic acids is 1. The molecule has 0 aromatic heterocycles. The normalized spacial score (nSPS) is 15.6. The van der Waals surface area contributed by atoms with Crippen LogP contribution in [0.4, 0.5) is 24.5 Å². The number of sulfone groups is 1. The number of carbonyl (C=O) groups is 1. The molecule has 162 valence electrons. The first kappa shape index (κ1) is 22.8. The molecule has 0 saturated carbocycles. The van der Waals surface area contributed by atoms with Crippen LogP contribution in [0.5, 0.6) is 0 Å². The number of nitrogens with one attached hydrogen (secondary N) is 1. The van der Waals surface area contributed by atoms with Crippen LogP contribution in [0.2, 0.25) is 0 Å². The minimum absolute atomic E-state index is 0.0492. The van der Waals surface area contributed by atoms with Gasteiger partial charge in [-0.1, -0.05) is 0 Å². The van der Waals surface area contributed by atoms with E-state index in [4.69, 9.17) is 0 Å². The number of hydrogen-bond donors (Lipinski definition) is 2. The third-order valence-corrected chi connectivity index (χ3v) is 6.33. The van der Waals surface area contributed by atoms with Crippen LogP contribution in [0.3, 0.4) is 0 Å². The van der Waals surface area contributed by atoms with Gasteiger partial charge in [0.2, 0.25) is 0 Å². The molecule has 2 N–H and O–H groups in total. The van der Waals surface area contributed by atoms with Crippen LogP contribution in [0, 0.1) is 21.0 Å². The largest absolute Gasteiger partial charge is 0.386 e. The molecule has 3 rings (SSSR count). The third kappa shape index (κ3) is 5.06. The number of halogens is 4. The number of aliphatic hydroxyl groups is 1. The molecule has 1 heterocycles. The van der Waals surface area contributed by atoms with Crippen molar-refractivity contribution in [2.24, 2.45) is 0 Å². The first-order valence-electron chi connectivity index (χ1n) is 8.78. The van der Waals surface area contributed by atoms with Crippen LogP contribution < -0.4 is 5.32 Å². The highest BCUT2D eigenvalue weighted by atomic mass is 127. The summed E-state index contributed by atoms with van der Waals surface area (Å²) in [5.41, 5.74) is -2.27. The zero-order chi connectivity index (χ0) is 22.3. The van der Waals surface area contributed by atoms with Gasteiger partial charge in [-0.3, -0.25) is 4.79 Å². The van der Waals surface area contributed by atoms with E-state index in [9.17, 15) is 31.5 Å². The summed E-state index contributed by atoms with van der Waals surface area (Å²) in [5.74, 6) is -4.20. The number of rotatable bonds is 6. The predicted octanol–water partition coefficient (Wildman–Crippen LogP) is 3.07. The molecule has 0 atom stereocenters. The van der Waals surface area contributed by atoms with E-state index in [2.05, 4.69) is 5.32 Å². The quantitative estimate of drug-likeness (QED) is 0.537. The molecule has 0 unspecified atom stereocenters. The van der Waals surface area contributed by atoms with E-state index in [0.717, 1.165) is 18.4 Å². The second-order valence-electron chi connectivity index (χ2n) is 7.30. The molecule has 2 aromatic rings. The molecule has 1 saturated heterocycles. The average Bonchev–Trinajstić information content (AvgIpc) is 2.62. The molecule has 6 nitrogen and oxygen atoms in total. The summed E-state index contributed by atoms with van der Waals surface area (Å²) in [6, 6.07) is 5.94. The van der Waals surface area contributed by atoms with Gasteiger partial charge in [-0.25, -0.2) is 21.6 Å². The van der Waals surface area contributed by atoms with Crippen molar-refractivity contribution in [3.8, 4) is 0 Å². The Kier molecular flexibility index (Phi) is 6.35. The van der Waals surface area contributed by atoms with Crippen molar-refractivity contribution in [3.63, 3.8) is 0 Å². The minimum atomic E-state index is -3.28. The molecule has 1 aliphatic rings. The smallest absolute Gasteiger partial charge is 0.256 e. The maximum absolute atomic E-state index is 14.5. The molecule has 0 radical (unpaired) electrons. The summed E-state index contributed by atoms with van der Waals surface area (Å²) < 4.78 is 65.6. The summed E-state index contributed by atoms with van der Waals surface area (Å²) in [5, 5.41) is 12.8. The van der Waals surface area contributed by atoms with Gasteiger partial charge in [-0.15, -0.1) is 0 Å². The zero-order valence-corrected chi connectivity index (χ0v) is 18.7. The van der Waals surface area contributed by atoms with E-state index < -0.39 is 44.5 Å². The molecule has 0 spiro atoms. The van der Waals surface area contributed by atoms with E-state index in [1.165, 1.54) is 17.0 Å². The van der Waals surface area contributed by atoms with Crippen molar-refractivity contribution in [2.45, 2.75) is 12.0 Å². The van der Waals surface area contributed by atoms with Gasteiger partial charge in [0.1, 0.15) is 21.3 Å². The summed E-state index contributed by atoms with van der Waals surface area (Å²) in [4.78, 5) is 14.0. The van der Waals surface area contributed by atoms with Crippen molar-refractivity contribution in [2.75, 3.05) is 30.4 Å². The van der Waals surface area contributed by atoms with E-state index in [1.54, 1.807) is 6.07 Å². The van der Waals surface area contributed by atoms with Gasteiger partial charge in [0.05, 0.1) is 35.8 Å². The summed E-state index contributed by atoms with van der Waals surface area (Å²) in [6.07, 6.45) is 0.993. The Morgan fingerprint density at radius 3 is 2.47 bits per heavy atom. The van der Waals surface area contributed by atoms with Crippen molar-refractivity contribution < 1.29 is 31.5 Å². The Hall–Kier alpha value is -1.86. The van der Waals surface area contributed by atoms with Crippen molar-refractivity contribution in [3.05, 3.63) is 56.9 Å². The van der Waals surface area contributed by atoms with Gasteiger partial charge in [-0.05, 0) is 59.3 Å². The second kappa shape index (κ2) is 8.35. The molecule has 1 fully saturated rings. The van der Waals surface area contributed by atoms with Crippen LogP contribution >= 0.6 is 22.6 Å². The lowest BCUT2D eigenvalue weighted by atomic mass is 9.90. The topological polar surface area (TPSA) is 86.7 Å². The number of nitrogens with zero attached hydrogens (tertiary/aromatic N) is 1. The highest BCUT2D eigenvalue weighted by Gasteiger charge is 2.44. The number of hydrogen-bond acceptors (Lipinski definition) is 5. The molecular weight excluding hydrogens is 536 g/mol. The van der Waals surface area contributed by atoms with Crippen molar-refractivity contribution in [1.82, 2.24) is 4.90 Å². The van der Waals surface area contributed by atoms with Gasteiger partial charge in [-0.2, -0.15) is 0 Å². The summed E-state index contributed by atoms with van der Waals surface area (Å²) in [7, 11) is -3.28. The van der Waals surface area contributed by atoms with Gasteiger partial charge >= 0.3 is 0 Å². The Labute approximate surface area is 185 Å². The second-order valence-corrected chi connectivity index (χ2v) is 10.8. The Bertz CT molecular complexity index is 1110. The number of benzene rings is 2. The number of β-amino-alcohol motifs (C(OH)–C–C–N with tert-alkyl or cyclic N) is 1. The van der Waals surface area contributed by atoms with Gasteiger partial charge < -0.3 is 15.3 Å². The van der Waals surface area contributed by atoms with Gasteiger partial charge in [0.25, 0.3) is 5.91 Å². The fourth-order valence-electron chi connectivity index (χ4n) is 3.09. The number of anilines is 2. The molecule has 1 amide bonds. The van der Waals surface area contributed by atoms with Crippen LogP contribution in [0.1, 0.15) is 16.8 Å². The lowest BCUT2D eigenvalue weighted by Crippen LogP contribution is -2.64. The third-order valence-electron chi connectivity index (χ3n) is 4.71. The van der Waals surface area contributed by atoms with Crippen LogP contribution in [0.25, 0.3) is 0 Å². The Morgan fingerprint density at radius 1 is 1.20 bits per heavy atom. The molecular formula is C19H18F3IN2O4S. The highest BCUT2D eigenvalue weighted by molar-refractivity contribution is 14.1. The van der Waals surface area contributed by atoms with Crippen LogP contribution in [-0.4, -0.2) is 55.0 Å². The Morgan fingerprint density at radius 2 is 1.87 bits per heavy atom. The molecule has 11 heteroatoms. The molecule has 0 bridgehead atoms. The molecule has 0 aliphatic carbocycles. The standard InChI is InChI=1S/C19H18F3IN2O4S/c1-30(28,29)7-6-19(27)9-25(10-19)18(26)12-3-4-13(20)16(22)17(12)24-15-5-2-11(23)8-14(15)21/h2-5,8,24,27H,6-7,9-10H2,1H3.